The van der Waals surface area contributed by atoms with Crippen LogP contribution in [-0.4, -0.2) is 54.6 Å². The highest BCUT2D eigenvalue weighted by molar-refractivity contribution is 7.89. The van der Waals surface area contributed by atoms with Crippen molar-refractivity contribution in [1.29, 1.82) is 0 Å². The summed E-state index contributed by atoms with van der Waals surface area (Å²) in [7, 11) is -3.99. The van der Waals surface area contributed by atoms with E-state index in [1.165, 1.54) is 39.7 Å². The smallest absolute Gasteiger partial charge is 0.289 e. The van der Waals surface area contributed by atoms with Crippen molar-refractivity contribution in [1.82, 2.24) is 9.21 Å². The van der Waals surface area contributed by atoms with E-state index in [1.54, 1.807) is 4.90 Å². The van der Waals surface area contributed by atoms with Crippen molar-refractivity contribution in [3.05, 3.63) is 69.8 Å². The normalized spacial score (nSPS) is 15.1. The molecule has 1 saturated heterocycles. The maximum Gasteiger partial charge on any atom is 0.289 e. The summed E-state index contributed by atoms with van der Waals surface area (Å²) in [4.78, 5) is 24.4. The molecule has 1 aliphatic heterocycles. The second kappa shape index (κ2) is 10.0. The molecule has 8 nitrogen and oxygen atoms in total. The molecule has 166 valence electrons. The number of hydrogen-bond acceptors (Lipinski definition) is 5. The molecule has 0 aliphatic carbocycles. The maximum atomic E-state index is 12.9. The molecule has 0 spiro atoms. The van der Waals surface area contributed by atoms with Gasteiger partial charge in [-0.1, -0.05) is 42.0 Å². The van der Waals surface area contributed by atoms with Gasteiger partial charge in [0.2, 0.25) is 15.9 Å². The maximum absolute atomic E-state index is 12.9. The minimum Gasteiger partial charge on any atom is -0.340 e. The van der Waals surface area contributed by atoms with E-state index in [2.05, 4.69) is 31.2 Å². The Morgan fingerprint density at radius 3 is 2.29 bits per heavy atom. The monoisotopic (exact) mass is 445 g/mol. The lowest BCUT2D eigenvalue weighted by Gasteiger charge is -2.34. The molecule has 0 aromatic heterocycles. The number of nitrogens with zero attached hydrogens (tertiary/aromatic N) is 3. The van der Waals surface area contributed by atoms with E-state index in [9.17, 15) is 23.3 Å². The van der Waals surface area contributed by atoms with Crippen LogP contribution in [0, 0.1) is 17.0 Å². The number of amides is 1. The number of nitro benzene ring substituents is 1. The number of para-hydroxylation sites is 1. The van der Waals surface area contributed by atoms with Crippen LogP contribution < -0.4 is 0 Å². The molecule has 0 saturated carbocycles. The highest BCUT2D eigenvalue weighted by Gasteiger charge is 2.34. The third-order valence-corrected chi connectivity index (χ3v) is 7.44. The van der Waals surface area contributed by atoms with Crippen molar-refractivity contribution in [2.75, 3.05) is 26.2 Å². The molecule has 9 heteroatoms. The fourth-order valence-electron chi connectivity index (χ4n) is 3.66. The minimum atomic E-state index is -3.99. The molecule has 2 aromatic carbocycles. The summed E-state index contributed by atoms with van der Waals surface area (Å²) >= 11 is 0. The molecule has 1 fully saturated rings. The van der Waals surface area contributed by atoms with E-state index in [1.807, 2.05) is 0 Å². The van der Waals surface area contributed by atoms with Gasteiger partial charge in [-0.05, 0) is 37.8 Å². The van der Waals surface area contributed by atoms with Gasteiger partial charge in [-0.15, -0.1) is 0 Å². The van der Waals surface area contributed by atoms with E-state index >= 15 is 0 Å². The first-order valence-corrected chi connectivity index (χ1v) is 11.8. The molecule has 0 bridgehead atoms. The van der Waals surface area contributed by atoms with Gasteiger partial charge in [-0.3, -0.25) is 14.9 Å². The number of sulfonamides is 1. The van der Waals surface area contributed by atoms with Gasteiger partial charge in [0.1, 0.15) is 0 Å². The number of unbranched alkanes of at least 4 members (excludes halogenated alkanes) is 1. The van der Waals surface area contributed by atoms with E-state index in [0.717, 1.165) is 19.3 Å². The van der Waals surface area contributed by atoms with Crippen molar-refractivity contribution >= 4 is 21.6 Å². The fraction of sp³-hybridized carbons (Fsp3) is 0.409. The molecular formula is C22H27N3O5S. The predicted molar refractivity (Wildman–Crippen MR) is 117 cm³/mol. The molecule has 2 aromatic rings. The van der Waals surface area contributed by atoms with Crippen molar-refractivity contribution in [2.24, 2.45) is 0 Å². The second-order valence-electron chi connectivity index (χ2n) is 7.70. The molecule has 3 rings (SSSR count). The van der Waals surface area contributed by atoms with Gasteiger partial charge in [-0.25, -0.2) is 8.42 Å². The summed E-state index contributed by atoms with van der Waals surface area (Å²) in [6.45, 7) is 2.88. The van der Waals surface area contributed by atoms with E-state index in [0.29, 0.717) is 6.42 Å². The molecule has 0 unspecified atom stereocenters. The van der Waals surface area contributed by atoms with Crippen molar-refractivity contribution < 1.29 is 18.1 Å². The Morgan fingerprint density at radius 2 is 1.65 bits per heavy atom. The molecule has 1 heterocycles. The first-order valence-electron chi connectivity index (χ1n) is 10.4. The van der Waals surface area contributed by atoms with Crippen LogP contribution in [-0.2, 0) is 21.2 Å². The quantitative estimate of drug-likeness (QED) is 0.353. The summed E-state index contributed by atoms with van der Waals surface area (Å²) in [5.74, 6) is 0.0200. The SMILES string of the molecule is Cc1ccc(CCCCC(=O)N2CCN(S(=O)(=O)c3ccccc3[N+](=O)[O-])CC2)cc1. The van der Waals surface area contributed by atoms with Crippen LogP contribution in [0.2, 0.25) is 0 Å². The average Bonchev–Trinajstić information content (AvgIpc) is 2.78. The number of carbonyl (C=O) groups is 1. The zero-order valence-electron chi connectivity index (χ0n) is 17.6. The molecule has 0 atom stereocenters. The van der Waals surface area contributed by atoms with Crippen LogP contribution in [0.15, 0.2) is 53.4 Å². The van der Waals surface area contributed by atoms with Crippen LogP contribution in [0.1, 0.15) is 30.4 Å². The number of aryl methyl sites for hydroxylation is 2. The summed E-state index contributed by atoms with van der Waals surface area (Å²) in [5, 5.41) is 11.2. The van der Waals surface area contributed by atoms with Crippen molar-refractivity contribution in [2.45, 2.75) is 37.5 Å². The number of benzene rings is 2. The van der Waals surface area contributed by atoms with Crippen LogP contribution in [0.4, 0.5) is 5.69 Å². The minimum absolute atomic E-state index is 0.0200. The van der Waals surface area contributed by atoms with Gasteiger partial charge >= 0.3 is 0 Å². The number of hydrogen-bond donors (Lipinski definition) is 0. The number of rotatable bonds is 8. The Balaban J connectivity index is 1.49. The van der Waals surface area contributed by atoms with E-state index in [-0.39, 0.29) is 37.0 Å². The number of piperazine rings is 1. The topological polar surface area (TPSA) is 101 Å². The highest BCUT2D eigenvalue weighted by Crippen LogP contribution is 2.27. The summed E-state index contributed by atoms with van der Waals surface area (Å²) < 4.78 is 27.0. The van der Waals surface area contributed by atoms with Gasteiger partial charge in [-0.2, -0.15) is 4.31 Å². The van der Waals surface area contributed by atoms with Crippen molar-refractivity contribution in [3.63, 3.8) is 0 Å². The molecular weight excluding hydrogens is 418 g/mol. The van der Waals surface area contributed by atoms with Crippen LogP contribution in [0.25, 0.3) is 0 Å². The fourth-order valence-corrected chi connectivity index (χ4v) is 5.24. The standard InChI is InChI=1S/C22H27N3O5S/c1-18-10-12-19(13-11-18)6-2-5-9-22(26)23-14-16-24(17-15-23)31(29,30)21-8-4-3-7-20(21)25(27)28/h3-4,7-8,10-13H,2,5-6,9,14-17H2,1H3. The molecule has 0 radical (unpaired) electrons. The zero-order valence-corrected chi connectivity index (χ0v) is 18.4. The van der Waals surface area contributed by atoms with Gasteiger partial charge in [0, 0.05) is 38.7 Å². The molecule has 1 amide bonds. The zero-order chi connectivity index (χ0) is 22.4. The second-order valence-corrected chi connectivity index (χ2v) is 9.61. The number of nitro groups is 1. The molecule has 1 aliphatic rings. The molecule has 0 N–H and O–H groups in total. The Bertz CT molecular complexity index is 1030. The lowest BCUT2D eigenvalue weighted by atomic mass is 10.1. The van der Waals surface area contributed by atoms with E-state index < -0.39 is 20.6 Å². The summed E-state index contributed by atoms with van der Waals surface area (Å²) in [6, 6.07) is 13.7. The highest BCUT2D eigenvalue weighted by atomic mass is 32.2. The lowest BCUT2D eigenvalue weighted by molar-refractivity contribution is -0.387. The Morgan fingerprint density at radius 1 is 1.00 bits per heavy atom. The van der Waals surface area contributed by atoms with Crippen molar-refractivity contribution in [3.8, 4) is 0 Å². The van der Waals surface area contributed by atoms with Crippen LogP contribution in [0.5, 0.6) is 0 Å². The first kappa shape index (κ1) is 22.9. The van der Waals surface area contributed by atoms with E-state index in [4.69, 9.17) is 0 Å². The Labute approximate surface area is 182 Å². The Hall–Kier alpha value is -2.78. The van der Waals surface area contributed by atoms with Gasteiger partial charge in [0.25, 0.3) is 5.69 Å². The third-order valence-electron chi connectivity index (χ3n) is 5.50. The first-order chi connectivity index (χ1) is 14.8. The van der Waals surface area contributed by atoms with Gasteiger partial charge < -0.3 is 4.90 Å². The predicted octanol–water partition coefficient (Wildman–Crippen LogP) is 3.15. The summed E-state index contributed by atoms with van der Waals surface area (Å²) in [5.41, 5.74) is 2.04. The average molecular weight is 446 g/mol. The Kier molecular flexibility index (Phi) is 7.40. The number of carbonyl (C=O) groups excluding carboxylic acids is 1. The van der Waals surface area contributed by atoms with Crippen LogP contribution in [0.3, 0.4) is 0 Å². The largest absolute Gasteiger partial charge is 0.340 e. The summed E-state index contributed by atoms with van der Waals surface area (Å²) in [6.07, 6.45) is 3.06. The third kappa shape index (κ3) is 5.68. The van der Waals surface area contributed by atoms with Crippen LogP contribution >= 0.6 is 0 Å². The molecule has 31 heavy (non-hydrogen) atoms. The lowest BCUT2D eigenvalue weighted by Crippen LogP contribution is -2.50. The van der Waals surface area contributed by atoms with Gasteiger partial charge in [0.05, 0.1) is 4.92 Å². The van der Waals surface area contributed by atoms with Gasteiger partial charge in [0.15, 0.2) is 4.90 Å².